The van der Waals surface area contributed by atoms with Crippen molar-refractivity contribution in [1.82, 2.24) is 25.4 Å². The minimum atomic E-state index is -0.792. The molecule has 3 N–H and O–H groups in total. The Morgan fingerprint density at radius 1 is 1.40 bits per heavy atom. The molecule has 1 aliphatic carbocycles. The van der Waals surface area contributed by atoms with Crippen molar-refractivity contribution in [3.05, 3.63) is 42.0 Å². The molecule has 2 aromatic rings. The molecule has 1 aromatic heterocycles. The molecule has 11 heteroatoms. The SMILES string of the molecule is COc1ccc([C@@H]2[C@@H](C(=O)NCc3ncn[nH]3)OCC(=O)N2C2CC2)cc1.O=CO. The van der Waals surface area contributed by atoms with Gasteiger partial charge < -0.3 is 24.8 Å². The highest BCUT2D eigenvalue weighted by molar-refractivity contribution is 5.86. The molecule has 1 aliphatic heterocycles. The van der Waals surface area contributed by atoms with Crippen LogP contribution in [0.2, 0.25) is 0 Å². The lowest BCUT2D eigenvalue weighted by atomic mass is 9.96. The van der Waals surface area contributed by atoms with E-state index in [2.05, 4.69) is 20.5 Å². The van der Waals surface area contributed by atoms with Gasteiger partial charge in [-0.15, -0.1) is 0 Å². The fourth-order valence-electron chi connectivity index (χ4n) is 3.35. The van der Waals surface area contributed by atoms with Crippen LogP contribution < -0.4 is 10.1 Å². The molecule has 2 fully saturated rings. The second-order valence-electron chi connectivity index (χ2n) is 6.74. The molecule has 1 aromatic carbocycles. The second kappa shape index (κ2) is 9.83. The van der Waals surface area contributed by atoms with Crippen molar-refractivity contribution in [1.29, 1.82) is 0 Å². The Morgan fingerprint density at radius 3 is 2.67 bits per heavy atom. The highest BCUT2D eigenvalue weighted by Crippen LogP contribution is 2.39. The third kappa shape index (κ3) is 4.92. The number of nitrogens with zero attached hydrogens (tertiary/aromatic N) is 3. The zero-order valence-electron chi connectivity index (χ0n) is 16.4. The van der Waals surface area contributed by atoms with Gasteiger partial charge in [-0.25, -0.2) is 4.98 Å². The number of nitrogens with one attached hydrogen (secondary N) is 2. The van der Waals surface area contributed by atoms with Gasteiger partial charge in [0.15, 0.2) is 6.10 Å². The van der Waals surface area contributed by atoms with Gasteiger partial charge in [0.1, 0.15) is 24.5 Å². The van der Waals surface area contributed by atoms with Crippen LogP contribution in [0.4, 0.5) is 0 Å². The number of morpholine rings is 1. The minimum Gasteiger partial charge on any atom is -0.497 e. The van der Waals surface area contributed by atoms with Gasteiger partial charge in [-0.05, 0) is 30.5 Å². The molecule has 0 radical (unpaired) electrons. The fraction of sp³-hybridized carbons (Fsp3) is 0.421. The van der Waals surface area contributed by atoms with E-state index >= 15 is 0 Å². The Labute approximate surface area is 172 Å². The van der Waals surface area contributed by atoms with E-state index in [1.807, 2.05) is 29.2 Å². The number of carboxylic acid groups (broad SMARTS) is 1. The average Bonchev–Trinajstić information content (AvgIpc) is 3.46. The first kappa shape index (κ1) is 21.2. The van der Waals surface area contributed by atoms with E-state index in [-0.39, 0.29) is 37.5 Å². The zero-order chi connectivity index (χ0) is 21.5. The van der Waals surface area contributed by atoms with Crippen molar-refractivity contribution in [2.24, 2.45) is 0 Å². The van der Waals surface area contributed by atoms with Crippen molar-refractivity contribution in [3.8, 4) is 5.75 Å². The normalized spacial score (nSPS) is 20.7. The van der Waals surface area contributed by atoms with Gasteiger partial charge in [0.25, 0.3) is 12.4 Å². The molecule has 1 saturated carbocycles. The van der Waals surface area contributed by atoms with Gasteiger partial charge in [-0.2, -0.15) is 5.10 Å². The van der Waals surface area contributed by atoms with E-state index in [4.69, 9.17) is 19.4 Å². The number of carbonyl (C=O) groups excluding carboxylic acids is 2. The maximum absolute atomic E-state index is 12.8. The quantitative estimate of drug-likeness (QED) is 0.567. The van der Waals surface area contributed by atoms with Crippen LogP contribution in [0.5, 0.6) is 5.75 Å². The summed E-state index contributed by atoms with van der Waals surface area (Å²) in [7, 11) is 1.60. The lowest BCUT2D eigenvalue weighted by Gasteiger charge is -2.40. The van der Waals surface area contributed by atoms with Crippen LogP contribution in [-0.2, 0) is 25.7 Å². The summed E-state index contributed by atoms with van der Waals surface area (Å²) in [6.45, 7) is -0.130. The van der Waals surface area contributed by atoms with Crippen LogP contribution in [0, 0.1) is 0 Å². The van der Waals surface area contributed by atoms with Crippen molar-refractivity contribution in [2.45, 2.75) is 37.6 Å². The Balaban J connectivity index is 0.000000806. The van der Waals surface area contributed by atoms with Crippen molar-refractivity contribution < 1.29 is 29.0 Å². The average molecular weight is 417 g/mol. The smallest absolute Gasteiger partial charge is 0.290 e. The number of ether oxygens (including phenoxy) is 2. The van der Waals surface area contributed by atoms with Gasteiger partial charge in [0.2, 0.25) is 5.91 Å². The first-order valence-electron chi connectivity index (χ1n) is 9.35. The summed E-state index contributed by atoms with van der Waals surface area (Å²) in [6.07, 6.45) is 2.49. The predicted molar refractivity (Wildman–Crippen MR) is 102 cm³/mol. The van der Waals surface area contributed by atoms with E-state index in [1.54, 1.807) is 7.11 Å². The first-order valence-corrected chi connectivity index (χ1v) is 9.35. The monoisotopic (exact) mass is 417 g/mol. The summed E-state index contributed by atoms with van der Waals surface area (Å²) in [5.41, 5.74) is 0.843. The zero-order valence-corrected chi connectivity index (χ0v) is 16.4. The molecule has 1 saturated heterocycles. The number of amides is 2. The van der Waals surface area contributed by atoms with Crippen molar-refractivity contribution in [3.63, 3.8) is 0 Å². The summed E-state index contributed by atoms with van der Waals surface area (Å²) in [4.78, 5) is 39.5. The topological polar surface area (TPSA) is 147 Å². The van der Waals surface area contributed by atoms with E-state index in [0.717, 1.165) is 18.4 Å². The number of rotatable bonds is 6. The minimum absolute atomic E-state index is 0.0856. The Hall–Kier alpha value is -3.47. The van der Waals surface area contributed by atoms with Gasteiger partial charge in [-0.1, -0.05) is 12.1 Å². The molecule has 2 aliphatic rings. The number of H-pyrrole nitrogens is 1. The highest BCUT2D eigenvalue weighted by Gasteiger charge is 2.47. The molecule has 2 heterocycles. The lowest BCUT2D eigenvalue weighted by molar-refractivity contribution is -0.165. The highest BCUT2D eigenvalue weighted by atomic mass is 16.5. The van der Waals surface area contributed by atoms with Crippen LogP contribution in [-0.4, -0.2) is 69.3 Å². The summed E-state index contributed by atoms with van der Waals surface area (Å²) in [6, 6.07) is 7.08. The van der Waals surface area contributed by atoms with Crippen LogP contribution >= 0.6 is 0 Å². The maximum Gasteiger partial charge on any atom is 0.290 e. The van der Waals surface area contributed by atoms with Crippen LogP contribution in [0.3, 0.4) is 0 Å². The standard InChI is InChI=1S/C18H21N5O4.CH2O2/c1-26-13-6-2-11(3-7-13)16-17(18(25)19-8-14-20-10-21-22-14)27-9-15(24)23(16)12-4-5-12;2-1-3/h2-3,6-7,10,12,16-17H,4-5,8-9H2,1H3,(H,19,25)(H,20,21,22);1H,(H,2,3)/t16-,17+;/m1./s1. The molecule has 30 heavy (non-hydrogen) atoms. The fourth-order valence-corrected chi connectivity index (χ4v) is 3.35. The molecule has 2 atom stereocenters. The third-order valence-corrected chi connectivity index (χ3v) is 4.81. The maximum atomic E-state index is 12.8. The van der Waals surface area contributed by atoms with E-state index in [0.29, 0.717) is 11.6 Å². The number of benzene rings is 1. The number of hydrogen-bond donors (Lipinski definition) is 3. The van der Waals surface area contributed by atoms with Crippen molar-refractivity contribution in [2.75, 3.05) is 13.7 Å². The largest absolute Gasteiger partial charge is 0.497 e. The lowest BCUT2D eigenvalue weighted by Crippen LogP contribution is -2.55. The van der Waals surface area contributed by atoms with Gasteiger partial charge in [0, 0.05) is 6.04 Å². The Bertz CT molecular complexity index is 853. The third-order valence-electron chi connectivity index (χ3n) is 4.81. The first-order chi connectivity index (χ1) is 14.6. The second-order valence-corrected chi connectivity index (χ2v) is 6.74. The van der Waals surface area contributed by atoms with Crippen molar-refractivity contribution >= 4 is 18.3 Å². The van der Waals surface area contributed by atoms with E-state index in [1.165, 1.54) is 6.33 Å². The Kier molecular flexibility index (Phi) is 6.96. The molecule has 4 rings (SSSR count). The van der Waals surface area contributed by atoms with E-state index in [9.17, 15) is 9.59 Å². The summed E-state index contributed by atoms with van der Waals surface area (Å²) < 4.78 is 10.9. The predicted octanol–water partition coefficient (Wildman–Crippen LogP) is 0.261. The molecule has 0 bridgehead atoms. The number of methoxy groups -OCH3 is 1. The van der Waals surface area contributed by atoms with Gasteiger partial charge in [0.05, 0.1) is 19.7 Å². The number of hydrogen-bond acceptors (Lipinski definition) is 7. The van der Waals surface area contributed by atoms with Gasteiger partial charge >= 0.3 is 0 Å². The molecule has 0 spiro atoms. The van der Waals surface area contributed by atoms with Crippen LogP contribution in [0.15, 0.2) is 30.6 Å². The van der Waals surface area contributed by atoms with E-state index < -0.39 is 12.1 Å². The molecule has 0 unspecified atom stereocenters. The number of aromatic amines is 1. The number of aromatic nitrogens is 3. The molecule has 2 amide bonds. The molecule has 160 valence electrons. The summed E-state index contributed by atoms with van der Waals surface area (Å²) >= 11 is 0. The summed E-state index contributed by atoms with van der Waals surface area (Å²) in [5.74, 6) is 0.893. The molecular formula is C19H23N5O6. The van der Waals surface area contributed by atoms with Crippen LogP contribution in [0.25, 0.3) is 0 Å². The number of carbonyl (C=O) groups is 3. The summed E-state index contributed by atoms with van der Waals surface area (Å²) in [5, 5.41) is 16.2. The van der Waals surface area contributed by atoms with Crippen LogP contribution in [0.1, 0.15) is 30.3 Å². The molecular weight excluding hydrogens is 394 g/mol. The van der Waals surface area contributed by atoms with Gasteiger partial charge in [-0.3, -0.25) is 19.5 Å². The molecule has 11 nitrogen and oxygen atoms in total. The Morgan fingerprint density at radius 2 is 2.10 bits per heavy atom.